The molecule has 4 rings (SSSR count). The van der Waals surface area contributed by atoms with Crippen LogP contribution >= 0.6 is 0 Å². The normalized spacial score (nSPS) is 10.7. The number of amides is 1. The van der Waals surface area contributed by atoms with E-state index in [4.69, 9.17) is 4.52 Å². The molecule has 1 heterocycles. The third-order valence-electron chi connectivity index (χ3n) is 4.07. The van der Waals surface area contributed by atoms with Gasteiger partial charge in [0.1, 0.15) is 5.69 Å². The van der Waals surface area contributed by atoms with E-state index in [9.17, 15) is 4.79 Å². The lowest BCUT2D eigenvalue weighted by atomic mass is 10.0. The second-order valence-corrected chi connectivity index (χ2v) is 5.81. The summed E-state index contributed by atoms with van der Waals surface area (Å²) in [7, 11) is 0. The average molecular weight is 328 g/mol. The van der Waals surface area contributed by atoms with Crippen LogP contribution < -0.4 is 5.32 Å². The van der Waals surface area contributed by atoms with Gasteiger partial charge in [0.05, 0.1) is 6.42 Å². The molecule has 25 heavy (non-hydrogen) atoms. The van der Waals surface area contributed by atoms with Crippen LogP contribution in [0.25, 0.3) is 22.0 Å². The molecule has 1 N–H and O–H groups in total. The van der Waals surface area contributed by atoms with Gasteiger partial charge in [-0.25, -0.2) is 0 Å². The van der Waals surface area contributed by atoms with Gasteiger partial charge in [-0.3, -0.25) is 10.1 Å². The molecule has 1 amide bonds. The van der Waals surface area contributed by atoms with E-state index in [1.807, 2.05) is 72.8 Å². The van der Waals surface area contributed by atoms with Crippen LogP contribution in [0.1, 0.15) is 5.56 Å². The van der Waals surface area contributed by atoms with Gasteiger partial charge in [0.25, 0.3) is 0 Å². The van der Waals surface area contributed by atoms with Crippen LogP contribution in [0, 0.1) is 0 Å². The highest BCUT2D eigenvalue weighted by Gasteiger charge is 2.11. The predicted octanol–water partition coefficient (Wildman–Crippen LogP) is 4.68. The third-order valence-corrected chi connectivity index (χ3v) is 4.07. The van der Waals surface area contributed by atoms with Gasteiger partial charge in [-0.15, -0.1) is 0 Å². The Kier molecular flexibility index (Phi) is 4.01. The summed E-state index contributed by atoms with van der Waals surface area (Å²) in [5.41, 5.74) is 2.63. The molecule has 0 aliphatic carbocycles. The summed E-state index contributed by atoms with van der Waals surface area (Å²) in [6.45, 7) is 0. The van der Waals surface area contributed by atoms with E-state index in [1.54, 1.807) is 6.07 Å². The lowest BCUT2D eigenvalue weighted by Crippen LogP contribution is -2.14. The van der Waals surface area contributed by atoms with Crippen molar-refractivity contribution >= 4 is 22.6 Å². The molecule has 0 aliphatic rings. The van der Waals surface area contributed by atoms with Crippen molar-refractivity contribution in [2.45, 2.75) is 6.42 Å². The van der Waals surface area contributed by atoms with Gasteiger partial charge < -0.3 is 4.52 Å². The van der Waals surface area contributed by atoms with Crippen molar-refractivity contribution in [3.63, 3.8) is 0 Å². The van der Waals surface area contributed by atoms with E-state index in [-0.39, 0.29) is 12.3 Å². The number of rotatable bonds is 4. The molecule has 4 aromatic rings. The highest BCUT2D eigenvalue weighted by atomic mass is 16.5. The predicted molar refractivity (Wildman–Crippen MR) is 98.2 cm³/mol. The highest BCUT2D eigenvalue weighted by Crippen LogP contribution is 2.22. The first-order valence-electron chi connectivity index (χ1n) is 8.08. The number of carbonyl (C=O) groups is 1. The molecule has 4 heteroatoms. The first kappa shape index (κ1) is 15.1. The molecule has 1 aromatic heterocycles. The zero-order valence-corrected chi connectivity index (χ0v) is 13.5. The maximum absolute atomic E-state index is 12.4. The van der Waals surface area contributed by atoms with Crippen molar-refractivity contribution in [2.24, 2.45) is 0 Å². The molecular weight excluding hydrogens is 312 g/mol. The summed E-state index contributed by atoms with van der Waals surface area (Å²) in [5, 5.41) is 8.99. The molecule has 0 unspecified atom stereocenters. The third kappa shape index (κ3) is 3.28. The Morgan fingerprint density at radius 3 is 2.56 bits per heavy atom. The summed E-state index contributed by atoms with van der Waals surface area (Å²) < 4.78 is 5.23. The maximum Gasteiger partial charge on any atom is 0.231 e. The van der Waals surface area contributed by atoms with Crippen LogP contribution in [0.3, 0.4) is 0 Å². The first-order valence-corrected chi connectivity index (χ1v) is 8.08. The fourth-order valence-corrected chi connectivity index (χ4v) is 2.88. The van der Waals surface area contributed by atoms with E-state index in [2.05, 4.69) is 10.5 Å². The molecular formula is C21H16N2O2. The first-order chi connectivity index (χ1) is 12.3. The number of carbonyl (C=O) groups excluding carboxylic acids is 1. The van der Waals surface area contributed by atoms with Gasteiger partial charge in [-0.2, -0.15) is 0 Å². The Balaban J connectivity index is 1.50. The smallest absolute Gasteiger partial charge is 0.231 e. The van der Waals surface area contributed by atoms with Crippen LogP contribution in [-0.2, 0) is 11.2 Å². The van der Waals surface area contributed by atoms with Crippen molar-refractivity contribution in [3.05, 3.63) is 84.4 Å². The zero-order chi connectivity index (χ0) is 17.1. The van der Waals surface area contributed by atoms with E-state index in [0.29, 0.717) is 11.6 Å². The minimum Gasteiger partial charge on any atom is -0.338 e. The molecule has 0 fully saturated rings. The number of nitrogens with one attached hydrogen (secondary N) is 1. The Morgan fingerprint density at radius 1 is 0.920 bits per heavy atom. The molecule has 0 saturated heterocycles. The molecule has 4 nitrogen and oxygen atoms in total. The van der Waals surface area contributed by atoms with Crippen molar-refractivity contribution in [2.75, 3.05) is 5.32 Å². The molecule has 3 aromatic carbocycles. The SMILES string of the molecule is O=C(Cc1cccc2ccccc12)Nc1cc(-c2ccccc2)no1. The van der Waals surface area contributed by atoms with Gasteiger partial charge in [0, 0.05) is 11.6 Å². The number of nitrogens with zero attached hydrogens (tertiary/aromatic N) is 1. The Morgan fingerprint density at radius 2 is 1.68 bits per heavy atom. The fourth-order valence-electron chi connectivity index (χ4n) is 2.88. The lowest BCUT2D eigenvalue weighted by molar-refractivity contribution is -0.115. The lowest BCUT2D eigenvalue weighted by Gasteiger charge is -2.06. The van der Waals surface area contributed by atoms with Crippen LogP contribution in [0.2, 0.25) is 0 Å². The summed E-state index contributed by atoms with van der Waals surface area (Å²) in [5.74, 6) is 0.219. The van der Waals surface area contributed by atoms with Gasteiger partial charge in [-0.05, 0) is 16.3 Å². The van der Waals surface area contributed by atoms with Crippen LogP contribution in [0.15, 0.2) is 83.4 Å². The summed E-state index contributed by atoms with van der Waals surface area (Å²) >= 11 is 0. The van der Waals surface area contributed by atoms with Gasteiger partial charge >= 0.3 is 0 Å². The average Bonchev–Trinajstić information content (AvgIpc) is 3.11. The Bertz CT molecular complexity index is 1020. The molecule has 0 radical (unpaired) electrons. The van der Waals surface area contributed by atoms with Crippen molar-refractivity contribution in [1.29, 1.82) is 0 Å². The number of anilines is 1. The van der Waals surface area contributed by atoms with Crippen molar-refractivity contribution < 1.29 is 9.32 Å². The quantitative estimate of drug-likeness (QED) is 0.592. The number of hydrogen-bond acceptors (Lipinski definition) is 3. The van der Waals surface area contributed by atoms with Crippen LogP contribution in [0.4, 0.5) is 5.88 Å². The van der Waals surface area contributed by atoms with Crippen LogP contribution in [-0.4, -0.2) is 11.1 Å². The number of benzene rings is 3. The topological polar surface area (TPSA) is 55.1 Å². The van der Waals surface area contributed by atoms with E-state index >= 15 is 0 Å². The second-order valence-electron chi connectivity index (χ2n) is 5.81. The monoisotopic (exact) mass is 328 g/mol. The molecule has 0 saturated carbocycles. The largest absolute Gasteiger partial charge is 0.338 e. The van der Waals surface area contributed by atoms with E-state index < -0.39 is 0 Å². The van der Waals surface area contributed by atoms with Crippen molar-refractivity contribution in [3.8, 4) is 11.3 Å². The van der Waals surface area contributed by atoms with Gasteiger partial charge in [0.15, 0.2) is 0 Å². The van der Waals surface area contributed by atoms with Crippen molar-refractivity contribution in [1.82, 2.24) is 5.16 Å². The minimum atomic E-state index is -0.132. The molecule has 122 valence electrons. The van der Waals surface area contributed by atoms with E-state index in [0.717, 1.165) is 21.9 Å². The summed E-state index contributed by atoms with van der Waals surface area (Å²) in [6.07, 6.45) is 0.280. The summed E-state index contributed by atoms with van der Waals surface area (Å²) in [6, 6.07) is 25.4. The molecule has 0 spiro atoms. The molecule has 0 aliphatic heterocycles. The zero-order valence-electron chi connectivity index (χ0n) is 13.5. The number of fused-ring (bicyclic) bond motifs is 1. The molecule has 0 bridgehead atoms. The number of aromatic nitrogens is 1. The van der Waals surface area contributed by atoms with E-state index in [1.165, 1.54) is 0 Å². The van der Waals surface area contributed by atoms with Crippen LogP contribution in [0.5, 0.6) is 0 Å². The Hall–Kier alpha value is -3.40. The highest BCUT2D eigenvalue weighted by molar-refractivity contribution is 5.95. The fraction of sp³-hybridized carbons (Fsp3) is 0.0476. The maximum atomic E-state index is 12.4. The van der Waals surface area contributed by atoms with Gasteiger partial charge in [-0.1, -0.05) is 78.0 Å². The summed E-state index contributed by atoms with van der Waals surface area (Å²) in [4.78, 5) is 12.4. The standard InChI is InChI=1S/C21H16N2O2/c24-20(13-17-11-6-10-15-7-4-5-12-18(15)17)22-21-14-19(23-25-21)16-8-2-1-3-9-16/h1-12,14H,13H2,(H,22,24). The van der Waals surface area contributed by atoms with Gasteiger partial charge in [0.2, 0.25) is 11.8 Å². The minimum absolute atomic E-state index is 0.132. The number of hydrogen-bond donors (Lipinski definition) is 1. The second kappa shape index (κ2) is 6.61. The molecule has 0 atom stereocenters. The Labute approximate surface area is 145 Å².